The van der Waals surface area contributed by atoms with Crippen molar-refractivity contribution in [2.24, 2.45) is 0 Å². The van der Waals surface area contributed by atoms with E-state index in [-0.39, 0.29) is 17.1 Å². The lowest BCUT2D eigenvalue weighted by Crippen LogP contribution is -2.13. The highest BCUT2D eigenvalue weighted by atomic mass is 35.5. The Kier molecular flexibility index (Phi) is 7.00. The molecular weight excluding hydrogens is 518 g/mol. The summed E-state index contributed by atoms with van der Waals surface area (Å²) in [6, 6.07) is 18.3. The van der Waals surface area contributed by atoms with Gasteiger partial charge in [0.05, 0.1) is 39.1 Å². The van der Waals surface area contributed by atoms with E-state index < -0.39 is 10.8 Å². The zero-order valence-electron chi connectivity index (χ0n) is 21.4. The maximum Gasteiger partial charge on any atom is 0.275 e. The minimum Gasteiger partial charge on any atom is -0.457 e. The van der Waals surface area contributed by atoms with E-state index in [1.165, 1.54) is 18.2 Å². The molecule has 0 saturated heterocycles. The van der Waals surface area contributed by atoms with E-state index in [1.807, 2.05) is 55.9 Å². The molecule has 0 aliphatic rings. The van der Waals surface area contributed by atoms with Gasteiger partial charge in [0.15, 0.2) is 0 Å². The Morgan fingerprint density at radius 1 is 1.08 bits per heavy atom. The molecule has 0 fully saturated rings. The van der Waals surface area contributed by atoms with Crippen molar-refractivity contribution in [2.75, 3.05) is 5.32 Å². The number of nitrogens with zero attached hydrogens (tertiary/aromatic N) is 4. The van der Waals surface area contributed by atoms with Crippen LogP contribution in [-0.4, -0.2) is 25.6 Å². The van der Waals surface area contributed by atoms with Crippen molar-refractivity contribution in [2.45, 2.75) is 27.3 Å². The molecule has 1 N–H and O–H groups in total. The molecule has 0 unspecified atom stereocenters. The third-order valence-electron chi connectivity index (χ3n) is 6.23. The van der Waals surface area contributed by atoms with Gasteiger partial charge in [0.1, 0.15) is 11.5 Å². The van der Waals surface area contributed by atoms with Gasteiger partial charge in [0.25, 0.3) is 11.6 Å². The van der Waals surface area contributed by atoms with Crippen LogP contribution in [0.2, 0.25) is 5.02 Å². The summed E-state index contributed by atoms with van der Waals surface area (Å²) in [5, 5.41) is 20.2. The van der Waals surface area contributed by atoms with Crippen LogP contribution >= 0.6 is 11.6 Å². The molecule has 2 heterocycles. The maximum absolute atomic E-state index is 13.6. The van der Waals surface area contributed by atoms with E-state index in [4.69, 9.17) is 21.3 Å². The Labute approximate surface area is 229 Å². The molecule has 0 aliphatic carbocycles. The molecule has 0 aliphatic heterocycles. The Bertz CT molecular complexity index is 1750. The van der Waals surface area contributed by atoms with Crippen LogP contribution in [0, 0.1) is 24.0 Å². The summed E-state index contributed by atoms with van der Waals surface area (Å²) in [5.74, 6) is 0.218. The minimum absolute atomic E-state index is 0.198. The average molecular weight is 542 g/mol. The van der Waals surface area contributed by atoms with Crippen molar-refractivity contribution in [3.8, 4) is 22.8 Å². The van der Waals surface area contributed by atoms with Gasteiger partial charge in [-0.15, -0.1) is 0 Å². The number of hydrogen-bond acceptors (Lipinski definition) is 6. The van der Waals surface area contributed by atoms with E-state index in [9.17, 15) is 14.9 Å². The average Bonchev–Trinajstić information content (AvgIpc) is 3.30. The second kappa shape index (κ2) is 10.5. The number of rotatable bonds is 7. The standard InChI is InChI=1S/C29H24ClN5O4/c1-4-34-16-25(18(3)33-34)28-15-24(23-7-5-6-8-27(23)32-28)29(36)31-19-12-20(35(37)38)14-22(13-19)39-21-9-10-26(30)17(2)11-21/h5-16H,4H2,1-3H3,(H,31,36). The van der Waals surface area contributed by atoms with Crippen LogP contribution in [-0.2, 0) is 6.54 Å². The van der Waals surface area contributed by atoms with Crippen molar-refractivity contribution in [3.63, 3.8) is 0 Å². The molecule has 0 bridgehead atoms. The number of amides is 1. The molecule has 10 heteroatoms. The number of carbonyl (C=O) groups excluding carboxylic acids is 1. The van der Waals surface area contributed by atoms with Gasteiger partial charge in [0.2, 0.25) is 0 Å². The van der Waals surface area contributed by atoms with E-state index in [1.54, 1.807) is 24.3 Å². The first-order valence-electron chi connectivity index (χ1n) is 12.2. The van der Waals surface area contributed by atoms with Crippen molar-refractivity contribution in [3.05, 3.63) is 105 Å². The zero-order valence-corrected chi connectivity index (χ0v) is 22.2. The van der Waals surface area contributed by atoms with Crippen molar-refractivity contribution in [1.82, 2.24) is 14.8 Å². The number of anilines is 1. The smallest absolute Gasteiger partial charge is 0.275 e. The summed E-state index contributed by atoms with van der Waals surface area (Å²) in [7, 11) is 0. The summed E-state index contributed by atoms with van der Waals surface area (Å²) in [4.78, 5) is 29.5. The van der Waals surface area contributed by atoms with E-state index in [2.05, 4.69) is 10.4 Å². The molecule has 0 spiro atoms. The van der Waals surface area contributed by atoms with E-state index >= 15 is 0 Å². The number of pyridine rings is 1. The van der Waals surface area contributed by atoms with Crippen molar-refractivity contribution >= 4 is 39.8 Å². The Hall–Kier alpha value is -4.76. The molecule has 196 valence electrons. The normalized spacial score (nSPS) is 11.0. The first kappa shape index (κ1) is 25.9. The van der Waals surface area contributed by atoms with Gasteiger partial charge in [-0.05, 0) is 56.7 Å². The number of aromatic nitrogens is 3. The molecule has 39 heavy (non-hydrogen) atoms. The molecule has 0 atom stereocenters. The number of hydrogen-bond donors (Lipinski definition) is 1. The van der Waals surface area contributed by atoms with Gasteiger partial charge < -0.3 is 10.1 Å². The van der Waals surface area contributed by atoms with Gasteiger partial charge >= 0.3 is 0 Å². The van der Waals surface area contributed by atoms with Crippen LogP contribution < -0.4 is 10.1 Å². The van der Waals surface area contributed by atoms with Crippen LogP contribution in [0.1, 0.15) is 28.5 Å². The topological polar surface area (TPSA) is 112 Å². The van der Waals surface area contributed by atoms with Gasteiger partial charge in [-0.2, -0.15) is 5.10 Å². The van der Waals surface area contributed by atoms with Gasteiger partial charge in [-0.1, -0.05) is 29.8 Å². The van der Waals surface area contributed by atoms with Crippen LogP contribution in [0.5, 0.6) is 11.5 Å². The number of halogens is 1. The lowest BCUT2D eigenvalue weighted by molar-refractivity contribution is -0.384. The van der Waals surface area contributed by atoms with Crippen molar-refractivity contribution < 1.29 is 14.5 Å². The predicted octanol–water partition coefficient (Wildman–Crippen LogP) is 7.34. The summed E-state index contributed by atoms with van der Waals surface area (Å²) in [5.41, 5.74) is 4.03. The Balaban J connectivity index is 1.53. The lowest BCUT2D eigenvalue weighted by atomic mass is 10.0. The summed E-state index contributed by atoms with van der Waals surface area (Å²) < 4.78 is 7.69. The predicted molar refractivity (Wildman–Crippen MR) is 151 cm³/mol. The van der Waals surface area contributed by atoms with Crippen LogP contribution in [0.3, 0.4) is 0 Å². The Morgan fingerprint density at radius 3 is 2.59 bits per heavy atom. The Morgan fingerprint density at radius 2 is 1.87 bits per heavy atom. The number of benzene rings is 3. The number of nitrogens with one attached hydrogen (secondary N) is 1. The number of ether oxygens (including phenoxy) is 1. The highest BCUT2D eigenvalue weighted by Crippen LogP contribution is 2.32. The number of fused-ring (bicyclic) bond motifs is 1. The second-order valence-electron chi connectivity index (χ2n) is 9.00. The number of nitro benzene ring substituents is 1. The molecule has 9 nitrogen and oxygen atoms in total. The third-order valence-corrected chi connectivity index (χ3v) is 6.66. The highest BCUT2D eigenvalue weighted by Gasteiger charge is 2.19. The first-order valence-corrected chi connectivity index (χ1v) is 12.6. The number of non-ortho nitro benzene ring substituents is 1. The van der Waals surface area contributed by atoms with E-state index in [0.717, 1.165) is 16.8 Å². The van der Waals surface area contributed by atoms with Crippen LogP contribution in [0.15, 0.2) is 72.9 Å². The summed E-state index contributed by atoms with van der Waals surface area (Å²) >= 11 is 6.10. The SMILES string of the molecule is CCn1cc(-c2cc(C(=O)Nc3cc(Oc4ccc(Cl)c(C)c4)cc([N+](=O)[O-])c3)c3ccccc3n2)c(C)n1. The highest BCUT2D eigenvalue weighted by molar-refractivity contribution is 6.31. The van der Waals surface area contributed by atoms with E-state index in [0.29, 0.717) is 39.5 Å². The number of aryl methyl sites for hydroxylation is 3. The van der Waals surface area contributed by atoms with Gasteiger partial charge in [-0.3, -0.25) is 19.6 Å². The van der Waals surface area contributed by atoms with Crippen LogP contribution in [0.4, 0.5) is 11.4 Å². The van der Waals surface area contributed by atoms with Gasteiger partial charge in [0, 0.05) is 40.8 Å². The summed E-state index contributed by atoms with van der Waals surface area (Å²) in [6.45, 7) is 6.42. The molecule has 2 aromatic heterocycles. The largest absolute Gasteiger partial charge is 0.457 e. The second-order valence-corrected chi connectivity index (χ2v) is 9.40. The number of nitro groups is 1. The fourth-order valence-electron chi connectivity index (χ4n) is 4.27. The minimum atomic E-state index is -0.538. The molecule has 1 amide bonds. The van der Waals surface area contributed by atoms with Crippen LogP contribution in [0.25, 0.3) is 22.2 Å². The quantitative estimate of drug-likeness (QED) is 0.170. The molecule has 0 radical (unpaired) electrons. The molecule has 0 saturated carbocycles. The first-order chi connectivity index (χ1) is 18.7. The molecular formula is C29H24ClN5O4. The fraction of sp³-hybridized carbons (Fsp3) is 0.138. The van der Waals surface area contributed by atoms with Gasteiger partial charge in [-0.25, -0.2) is 4.98 Å². The molecule has 3 aromatic carbocycles. The number of para-hydroxylation sites is 1. The zero-order chi connectivity index (χ0) is 27.7. The monoisotopic (exact) mass is 541 g/mol. The summed E-state index contributed by atoms with van der Waals surface area (Å²) in [6.07, 6.45) is 1.90. The maximum atomic E-state index is 13.6. The third kappa shape index (κ3) is 5.44. The molecule has 5 rings (SSSR count). The molecule has 5 aromatic rings. The fourth-order valence-corrected chi connectivity index (χ4v) is 4.39. The lowest BCUT2D eigenvalue weighted by Gasteiger charge is -2.12. The number of carbonyl (C=O) groups is 1. The van der Waals surface area contributed by atoms with Crippen molar-refractivity contribution in [1.29, 1.82) is 0 Å².